The summed E-state index contributed by atoms with van der Waals surface area (Å²) in [4.78, 5) is -0.468. The molecule has 6 rings (SSSR count). The number of thioether (sulfide) groups is 2. The number of benzene rings is 2. The van der Waals surface area contributed by atoms with Crippen LogP contribution in [0.2, 0.25) is 0 Å². The van der Waals surface area contributed by atoms with Gasteiger partial charge in [0.25, 0.3) is 0 Å². The fourth-order valence-corrected chi connectivity index (χ4v) is 19.1. The van der Waals surface area contributed by atoms with Crippen LogP contribution in [0.15, 0.2) is 58.3 Å². The van der Waals surface area contributed by atoms with Gasteiger partial charge in [0.15, 0.2) is 24.8 Å². The van der Waals surface area contributed by atoms with Gasteiger partial charge in [0.1, 0.15) is 96.3 Å². The Hall–Kier alpha value is 10.7. The smallest absolute Gasteiger partial charge is 0.365 e. The van der Waals surface area contributed by atoms with Gasteiger partial charge in [0, 0.05) is 21.2 Å². The Balaban J connectivity index is -0.00000159. The Morgan fingerprint density at radius 3 is 0.649 bits per heavy atom. The normalized spacial score (nSPS) is 26.1. The molecule has 698 valence electrons. The van der Waals surface area contributed by atoms with E-state index in [1.54, 1.807) is 6.92 Å². The second-order valence-electron chi connectivity index (χ2n) is 23.0. The molecule has 0 bridgehead atoms. The minimum Gasteiger partial charge on any atom is -0.365 e. The molecule has 4 aliphatic rings. The van der Waals surface area contributed by atoms with Crippen LogP contribution in [0, 0.1) is 0 Å². The molecule has 0 saturated carbocycles. The third kappa shape index (κ3) is 63.9. The first kappa shape index (κ1) is 162. The van der Waals surface area contributed by atoms with E-state index >= 15 is 0 Å². The zero-order valence-corrected chi connectivity index (χ0v) is 112. The van der Waals surface area contributed by atoms with Crippen LogP contribution in [-0.4, -0.2) is 335 Å². The number of anilines is 2. The second kappa shape index (κ2) is 67.8. The summed E-state index contributed by atoms with van der Waals surface area (Å²) < 4.78 is 572. The molecule has 20 atom stereocenters. The molecule has 0 aromatic heterocycles. The van der Waals surface area contributed by atoms with Crippen molar-refractivity contribution in [1.29, 1.82) is 0 Å². The first-order valence-corrected chi connectivity index (χ1v) is 50.9. The molecule has 2 aromatic rings. The Kier molecular flexibility index (Phi) is 82.1. The van der Waals surface area contributed by atoms with Crippen LogP contribution in [0.25, 0.3) is 0 Å². The Morgan fingerprint density at radius 1 is 0.261 bits per heavy atom. The summed E-state index contributed by atoms with van der Waals surface area (Å²) in [6.07, 6.45) is -57.2. The molecule has 4 saturated heterocycles. The summed E-state index contributed by atoms with van der Waals surface area (Å²) in [6, 6.07) is 9.11. The average molecular weight is 2400 g/mol. The van der Waals surface area contributed by atoms with Gasteiger partial charge in [-0.3, -0.25) is 63.7 Å². The molecule has 4 heterocycles. The van der Waals surface area contributed by atoms with Crippen LogP contribution in [0.1, 0.15) is 19.8 Å². The SMILES string of the molecule is CCCC(Nc1ccc(S[C@@H]2O[C@H](COS(=O)(=O)O)[C@@H](O[C@H]3O[C@H](COS(=O)(=O)O)[C@@H](OS(=O)(=O)O)[C@H](OS(=O)(=O)O)[C@H]3OS(=O)(=O)O)[C@H](OS(=O)(=O)O)[C@H]2OS(=O)(=O)O)cc1)Nc1ccc(S[C@@H]2O[C@H](COS(=O)(=O)O)[C@@H](O[C@H]3O[C@H](COS(=O)(=O)O)[C@@H](OS(=O)(=O)O)[C@H](OS(=O)(=O)O)[C@H]3OS(=O)(=O)O)[C@H](OS(=O)(=O)O)[C@H]2OS(=O)(=O)O)cc1.[Na+].[Na+].[Na+].[Na+].[Na+].[Na+].[Na+].[Na+].[Na+].[Na+].[Na+].[Na+].[Na+].[Na+]. The van der Waals surface area contributed by atoms with Crippen molar-refractivity contribution in [2.24, 2.45) is 0 Å². The van der Waals surface area contributed by atoms with Crippen molar-refractivity contribution in [2.75, 3.05) is 37.1 Å². The molecule has 64 nitrogen and oxygen atoms in total. The molecular weight excluding hydrogens is 2340 g/mol. The van der Waals surface area contributed by atoms with Crippen LogP contribution in [-0.2, 0) is 233 Å². The van der Waals surface area contributed by atoms with Crippen molar-refractivity contribution in [3.63, 3.8) is 0 Å². The number of ether oxygens (including phenoxy) is 6. The van der Waals surface area contributed by atoms with Gasteiger partial charge in [-0.2, -0.15) is 118 Å². The number of hydrogen-bond acceptors (Lipinski definition) is 52. The zero-order chi connectivity index (χ0) is 91.3. The topological polar surface area (TPSA) is 970 Å². The van der Waals surface area contributed by atoms with E-state index in [0.717, 1.165) is 24.3 Å². The predicted octanol–water partition coefficient (Wildman–Crippen LogP) is -48.6. The third-order valence-electron chi connectivity index (χ3n) is 14.3. The summed E-state index contributed by atoms with van der Waals surface area (Å²) in [5.74, 6) is 0. The molecule has 16 N–H and O–H groups in total. The van der Waals surface area contributed by atoms with E-state index in [-0.39, 0.29) is 471 Å². The number of nitrogens with one attached hydrogen (secondary N) is 2. The summed E-state index contributed by atoms with van der Waals surface area (Å²) in [5, 5.41) is 6.00. The van der Waals surface area contributed by atoms with E-state index in [1.807, 2.05) is 0 Å². The fourth-order valence-electron chi connectivity index (χ4n) is 10.6. The number of rotatable bonds is 46. The second-order valence-corrected chi connectivity index (χ2v) is 40.2. The summed E-state index contributed by atoms with van der Waals surface area (Å²) >= 11 is 0.288. The van der Waals surface area contributed by atoms with Gasteiger partial charge in [0.2, 0.25) is 0 Å². The van der Waals surface area contributed by atoms with Crippen molar-refractivity contribution >= 4 is 180 Å². The number of hydrogen-bond donors (Lipinski definition) is 16. The van der Waals surface area contributed by atoms with E-state index in [2.05, 4.69) is 69.2 Å². The van der Waals surface area contributed by atoms with E-state index in [0.29, 0.717) is 0 Å². The van der Waals surface area contributed by atoms with E-state index in [4.69, 9.17) is 28.4 Å². The minimum atomic E-state index is -6.30. The molecule has 4 fully saturated rings. The van der Waals surface area contributed by atoms with Gasteiger partial charge in [0.05, 0.1) is 32.6 Å². The maximum atomic E-state index is 12.7. The molecule has 2 aromatic carbocycles. The molecule has 0 spiro atoms. The van der Waals surface area contributed by atoms with Crippen LogP contribution < -0.4 is 424 Å². The van der Waals surface area contributed by atoms with Gasteiger partial charge >= 0.3 is 559 Å². The molecule has 0 aliphatic carbocycles. The first-order chi connectivity index (χ1) is 54.0. The van der Waals surface area contributed by atoms with Crippen molar-refractivity contribution in [3.05, 3.63) is 48.5 Å². The van der Waals surface area contributed by atoms with Crippen LogP contribution in [0.5, 0.6) is 0 Å². The van der Waals surface area contributed by atoms with Crippen molar-refractivity contribution < 1.29 is 682 Å². The maximum Gasteiger partial charge on any atom is 1.00 e. The van der Waals surface area contributed by atoms with Crippen molar-refractivity contribution in [3.8, 4) is 0 Å². The summed E-state index contributed by atoms with van der Waals surface area (Å²) in [6.45, 7) is -6.00. The van der Waals surface area contributed by atoms with Gasteiger partial charge in [-0.25, -0.2) is 58.6 Å². The molecular formula is C40H60N2Na14O62S16+14. The van der Waals surface area contributed by atoms with Crippen molar-refractivity contribution in [2.45, 2.75) is 157 Å². The first-order valence-electron chi connectivity index (χ1n) is 30.1. The third-order valence-corrected chi connectivity index (χ3v) is 23.0. The van der Waals surface area contributed by atoms with E-state index in [1.165, 1.54) is 24.3 Å². The standard InChI is InChI=1S/C40H60N2O62S16.14Na/c1-2-3-24(41-16-4-8-18(9-5-16)105-39-35(103-119(79,80)81)29(97-113(61,62)63)25(20(91-39)12-85-107(43,44)45)93-37-33(101-117(73,74)75)31(99-115(67,68)69)27(95-111(55,56)57)22(89-37)14-87-109(49,50)51)42-17-6-10-19(11-7-17)106-40-36(104-120(82,83)84)30(98-114(64,65)66)26(21(92-40)13-86-108(46,47)48)94-38-34(102-118(76,77)78)32(100-116(70,71)72)28(96-112(58,59)60)23(90-38)15-88-110(52,53)54;;;;;;;;;;;;;;/h4-11,20-42H,2-3,12-15H2,1H3,(H,43,44,45)(H,46,47,48)(H,49,50,51)(H,52,53,54)(H,55,56,57)(H,58,59,60)(H,61,62,63)(H,64,65,66)(H,67,68,69)(H,70,71,72)(H,73,74,75)(H,76,77,78)(H,79,80,81)(H,82,83,84);;;;;;;;;;;;;;/q;14*+1/t20-,21-,22-,23-,25-,26-,27-,28-,29+,30+,31+,32+,33-,34-,35-,36-,37-,38-,39+,40+;;;;;;;;;;;;;;/m1............../s1. The largest absolute Gasteiger partial charge is 1.00 e. The molecule has 0 unspecified atom stereocenters. The van der Waals surface area contributed by atoms with Crippen LogP contribution >= 0.6 is 23.5 Å². The molecule has 94 heteroatoms. The Morgan fingerprint density at radius 2 is 0.448 bits per heavy atom. The van der Waals surface area contributed by atoms with Crippen molar-refractivity contribution in [1.82, 2.24) is 0 Å². The van der Waals surface area contributed by atoms with E-state index in [9.17, 15) is 182 Å². The molecule has 4 aliphatic heterocycles. The summed E-state index contributed by atoms with van der Waals surface area (Å²) in [5.41, 5.74) is -4.71. The monoisotopic (exact) mass is 2390 g/mol. The minimum absolute atomic E-state index is 0. The van der Waals surface area contributed by atoms with Crippen LogP contribution in [0.3, 0.4) is 0 Å². The molecule has 0 amide bonds. The maximum absolute atomic E-state index is 12.7. The van der Waals surface area contributed by atoms with E-state index < -0.39 is 299 Å². The quantitative estimate of drug-likeness (QED) is 0.0166. The zero-order valence-electron chi connectivity index (χ0n) is 71.4. The molecule has 0 radical (unpaired) electrons. The molecule has 134 heavy (non-hydrogen) atoms. The van der Waals surface area contributed by atoms with Gasteiger partial charge in [-0.05, 0) is 55.0 Å². The predicted molar refractivity (Wildman–Crippen MR) is 369 cm³/mol. The fraction of sp³-hybridized carbons (Fsp3) is 0.700. The van der Waals surface area contributed by atoms with Crippen LogP contribution in [0.4, 0.5) is 11.4 Å². The van der Waals surface area contributed by atoms with Gasteiger partial charge < -0.3 is 39.1 Å². The Bertz CT molecular complexity index is 5320. The Labute approximate surface area is 1080 Å². The van der Waals surface area contributed by atoms with Gasteiger partial charge in [-0.1, -0.05) is 36.9 Å². The average Bonchev–Trinajstić information content (AvgIpc) is 0.756. The van der Waals surface area contributed by atoms with Gasteiger partial charge in [-0.15, -0.1) is 0 Å². The summed E-state index contributed by atoms with van der Waals surface area (Å²) in [7, 11) is -85.5.